The highest BCUT2D eigenvalue weighted by atomic mass is 16.7. The molecule has 1 aromatic carbocycles. The molecule has 25 heavy (non-hydrogen) atoms. The predicted molar refractivity (Wildman–Crippen MR) is 90.5 cm³/mol. The van der Waals surface area contributed by atoms with Crippen molar-refractivity contribution < 1.29 is 23.7 Å². The summed E-state index contributed by atoms with van der Waals surface area (Å²) in [5.74, 6) is 0.920. The van der Waals surface area contributed by atoms with E-state index in [9.17, 15) is 4.79 Å². The van der Waals surface area contributed by atoms with Gasteiger partial charge in [-0.2, -0.15) is 5.10 Å². The molecule has 134 valence electrons. The number of nitrogens with zero attached hydrogens (tertiary/aromatic N) is 2. The van der Waals surface area contributed by atoms with E-state index in [2.05, 4.69) is 5.10 Å². The van der Waals surface area contributed by atoms with Crippen LogP contribution in [-0.4, -0.2) is 42.4 Å². The van der Waals surface area contributed by atoms with Crippen molar-refractivity contribution in [2.75, 3.05) is 20.3 Å². The Morgan fingerprint density at radius 1 is 1.36 bits per heavy atom. The Morgan fingerprint density at radius 2 is 2.24 bits per heavy atom. The Bertz CT molecular complexity index is 722. The van der Waals surface area contributed by atoms with E-state index in [1.165, 1.54) is 0 Å². The summed E-state index contributed by atoms with van der Waals surface area (Å²) < 4.78 is 23.4. The summed E-state index contributed by atoms with van der Waals surface area (Å²) in [5, 5.41) is 4.21. The van der Waals surface area contributed by atoms with Crippen molar-refractivity contribution in [2.24, 2.45) is 0 Å². The zero-order chi connectivity index (χ0) is 17.6. The van der Waals surface area contributed by atoms with Crippen LogP contribution in [0.3, 0.4) is 0 Å². The Kier molecular flexibility index (Phi) is 5.55. The van der Waals surface area contributed by atoms with Crippen LogP contribution in [0.15, 0.2) is 30.5 Å². The van der Waals surface area contributed by atoms with Crippen LogP contribution in [0.2, 0.25) is 0 Å². The average Bonchev–Trinajstić information content (AvgIpc) is 3.27. The van der Waals surface area contributed by atoms with Crippen molar-refractivity contribution in [3.8, 4) is 22.8 Å². The summed E-state index contributed by atoms with van der Waals surface area (Å²) in [7, 11) is 1.60. The van der Waals surface area contributed by atoms with Gasteiger partial charge in [0.15, 0.2) is 17.8 Å². The third kappa shape index (κ3) is 4.11. The van der Waals surface area contributed by atoms with Crippen LogP contribution in [0.5, 0.6) is 11.5 Å². The van der Waals surface area contributed by atoms with Gasteiger partial charge in [0.25, 0.3) is 0 Å². The Hall–Kier alpha value is -2.54. The first kappa shape index (κ1) is 17.3. The van der Waals surface area contributed by atoms with Gasteiger partial charge >= 0.3 is 5.97 Å². The number of rotatable bonds is 7. The van der Waals surface area contributed by atoms with Gasteiger partial charge in [-0.05, 0) is 37.6 Å². The minimum atomic E-state index is -0.322. The molecular weight excluding hydrogens is 324 g/mol. The molecule has 7 nitrogen and oxygen atoms in total. The molecule has 0 spiro atoms. The molecule has 0 aliphatic carbocycles. The molecule has 1 aliphatic heterocycles. The van der Waals surface area contributed by atoms with Gasteiger partial charge in [0.2, 0.25) is 0 Å². The number of hydrogen-bond donors (Lipinski definition) is 0. The molecule has 0 radical (unpaired) electrons. The summed E-state index contributed by atoms with van der Waals surface area (Å²) >= 11 is 0. The van der Waals surface area contributed by atoms with Crippen LogP contribution >= 0.6 is 0 Å². The topological polar surface area (TPSA) is 71.8 Å². The molecule has 2 aromatic rings. The van der Waals surface area contributed by atoms with Gasteiger partial charge in [-0.3, -0.25) is 9.48 Å². The zero-order valence-electron chi connectivity index (χ0n) is 14.4. The fraction of sp³-hybridized carbons (Fsp3) is 0.444. The zero-order valence-corrected chi connectivity index (χ0v) is 14.4. The molecule has 1 aromatic heterocycles. The van der Waals surface area contributed by atoms with Crippen molar-refractivity contribution in [3.63, 3.8) is 0 Å². The first-order chi connectivity index (χ1) is 12.2. The van der Waals surface area contributed by atoms with E-state index in [4.69, 9.17) is 18.9 Å². The van der Waals surface area contributed by atoms with Gasteiger partial charge in [-0.1, -0.05) is 0 Å². The number of benzene rings is 1. The molecule has 1 aliphatic rings. The van der Waals surface area contributed by atoms with E-state index in [0.29, 0.717) is 24.7 Å². The molecule has 1 atom stereocenters. The summed E-state index contributed by atoms with van der Waals surface area (Å²) in [6.45, 7) is 2.89. The smallest absolute Gasteiger partial charge is 0.327 e. The molecule has 1 unspecified atom stereocenters. The van der Waals surface area contributed by atoms with E-state index in [1.807, 2.05) is 24.3 Å². The molecule has 3 rings (SSSR count). The van der Waals surface area contributed by atoms with Crippen LogP contribution in [-0.2, 0) is 20.8 Å². The van der Waals surface area contributed by atoms with E-state index in [0.717, 1.165) is 24.1 Å². The van der Waals surface area contributed by atoms with Gasteiger partial charge in [0, 0.05) is 18.2 Å². The fourth-order valence-corrected chi connectivity index (χ4v) is 2.74. The quantitative estimate of drug-likeness (QED) is 0.718. The molecule has 2 heterocycles. The van der Waals surface area contributed by atoms with Crippen molar-refractivity contribution in [2.45, 2.75) is 32.6 Å². The van der Waals surface area contributed by atoms with Gasteiger partial charge in [0.05, 0.1) is 26.0 Å². The fourth-order valence-electron chi connectivity index (χ4n) is 2.74. The van der Waals surface area contributed by atoms with E-state index in [-0.39, 0.29) is 18.8 Å². The van der Waals surface area contributed by atoms with E-state index < -0.39 is 0 Å². The van der Waals surface area contributed by atoms with Gasteiger partial charge < -0.3 is 18.9 Å². The van der Waals surface area contributed by atoms with Crippen molar-refractivity contribution in [3.05, 3.63) is 30.5 Å². The molecule has 0 bridgehead atoms. The van der Waals surface area contributed by atoms with Crippen LogP contribution in [0.1, 0.15) is 19.8 Å². The normalized spacial score (nSPS) is 16.6. The number of ether oxygens (including phenoxy) is 4. The van der Waals surface area contributed by atoms with Crippen LogP contribution in [0.25, 0.3) is 11.3 Å². The maximum atomic E-state index is 11.7. The maximum absolute atomic E-state index is 11.7. The maximum Gasteiger partial charge on any atom is 0.327 e. The van der Waals surface area contributed by atoms with Crippen LogP contribution < -0.4 is 9.47 Å². The van der Waals surface area contributed by atoms with Gasteiger partial charge in [0.1, 0.15) is 6.54 Å². The van der Waals surface area contributed by atoms with Crippen molar-refractivity contribution >= 4 is 5.97 Å². The number of methoxy groups -OCH3 is 1. The highest BCUT2D eigenvalue weighted by Gasteiger charge is 2.20. The van der Waals surface area contributed by atoms with Gasteiger partial charge in [-0.15, -0.1) is 0 Å². The van der Waals surface area contributed by atoms with E-state index >= 15 is 0 Å². The molecule has 0 saturated carbocycles. The van der Waals surface area contributed by atoms with Crippen LogP contribution in [0, 0.1) is 0 Å². The largest absolute Gasteiger partial charge is 0.493 e. The molecule has 0 amide bonds. The first-order valence-electron chi connectivity index (χ1n) is 8.35. The third-order valence-electron chi connectivity index (χ3n) is 3.91. The number of carbonyl (C=O) groups excluding carboxylic acids is 1. The molecule has 7 heteroatoms. The number of hydrogen-bond acceptors (Lipinski definition) is 6. The second kappa shape index (κ2) is 8.02. The standard InChI is InChI=1S/C18H22N2O5/c1-3-23-17(21)12-20-14(8-9-19-20)13-6-7-15(22-2)16(11-13)25-18-5-4-10-24-18/h6-9,11,18H,3-5,10,12H2,1-2H3. The number of carbonyl (C=O) groups is 1. The molecule has 0 N–H and O–H groups in total. The lowest BCUT2D eigenvalue weighted by molar-refractivity contribution is -0.144. The van der Waals surface area contributed by atoms with Gasteiger partial charge in [-0.25, -0.2) is 0 Å². The molecule has 1 saturated heterocycles. The Balaban J connectivity index is 1.85. The number of aromatic nitrogens is 2. The predicted octanol–water partition coefficient (Wildman–Crippen LogP) is 2.64. The van der Waals surface area contributed by atoms with E-state index in [1.54, 1.807) is 24.9 Å². The second-order valence-electron chi connectivity index (χ2n) is 5.61. The molecular formula is C18H22N2O5. The highest BCUT2D eigenvalue weighted by molar-refractivity contribution is 5.71. The lowest BCUT2D eigenvalue weighted by Crippen LogP contribution is -2.16. The monoisotopic (exact) mass is 346 g/mol. The second-order valence-corrected chi connectivity index (χ2v) is 5.61. The summed E-state index contributed by atoms with van der Waals surface area (Å²) in [4.78, 5) is 11.7. The molecule has 1 fully saturated rings. The third-order valence-corrected chi connectivity index (χ3v) is 3.91. The first-order valence-corrected chi connectivity index (χ1v) is 8.35. The van der Waals surface area contributed by atoms with Crippen molar-refractivity contribution in [1.29, 1.82) is 0 Å². The Morgan fingerprint density at radius 3 is 2.96 bits per heavy atom. The summed E-state index contributed by atoms with van der Waals surface area (Å²) in [5.41, 5.74) is 1.67. The number of esters is 1. The highest BCUT2D eigenvalue weighted by Crippen LogP contribution is 2.34. The minimum Gasteiger partial charge on any atom is -0.493 e. The SMILES string of the molecule is CCOC(=O)Cn1nccc1-c1ccc(OC)c(OC2CCCO2)c1. The van der Waals surface area contributed by atoms with Crippen LogP contribution in [0.4, 0.5) is 0 Å². The van der Waals surface area contributed by atoms with Crippen molar-refractivity contribution in [1.82, 2.24) is 9.78 Å². The summed E-state index contributed by atoms with van der Waals surface area (Å²) in [6, 6.07) is 7.46. The lowest BCUT2D eigenvalue weighted by atomic mass is 10.1. The Labute approximate surface area is 146 Å². The average molecular weight is 346 g/mol. The minimum absolute atomic E-state index is 0.0597. The summed E-state index contributed by atoms with van der Waals surface area (Å²) in [6.07, 6.45) is 3.24. The lowest BCUT2D eigenvalue weighted by Gasteiger charge is -2.16.